The highest BCUT2D eigenvalue weighted by Gasteiger charge is 2.01. The molecule has 0 fully saturated rings. The van der Waals surface area contributed by atoms with E-state index in [1.807, 2.05) is 30.3 Å². The monoisotopic (exact) mass is 247 g/mol. The lowest BCUT2D eigenvalue weighted by molar-refractivity contribution is 0.475. The number of hydrogen-bond donors (Lipinski definition) is 1. The zero-order valence-electron chi connectivity index (χ0n) is 7.37. The van der Waals surface area contributed by atoms with Crippen molar-refractivity contribution in [1.82, 2.24) is 0 Å². The zero-order chi connectivity index (χ0) is 9.97. The van der Waals surface area contributed by atoms with Crippen molar-refractivity contribution in [2.45, 2.75) is 0 Å². The number of hydrogen-bond acceptors (Lipinski definition) is 1. The smallest absolute Gasteiger partial charge is 0.116 e. The third-order valence-electron chi connectivity index (χ3n) is 1.96. The highest BCUT2D eigenvalue weighted by Crippen LogP contribution is 2.29. The number of benzene rings is 2. The van der Waals surface area contributed by atoms with Crippen LogP contribution in [0.4, 0.5) is 0 Å². The normalized spacial score (nSPS) is 10.1. The summed E-state index contributed by atoms with van der Waals surface area (Å²) in [6.07, 6.45) is 0. The van der Waals surface area contributed by atoms with Crippen LogP contribution in [0.3, 0.4) is 0 Å². The summed E-state index contributed by atoms with van der Waals surface area (Å²) in [5, 5.41) is 9.34. The van der Waals surface area contributed by atoms with Crippen LogP contribution in [0.25, 0.3) is 11.1 Å². The molecule has 1 N–H and O–H groups in total. The fourth-order valence-corrected chi connectivity index (χ4v) is 1.81. The van der Waals surface area contributed by atoms with E-state index >= 15 is 0 Å². The van der Waals surface area contributed by atoms with Gasteiger partial charge in [0.1, 0.15) is 5.75 Å². The Morgan fingerprint density at radius 3 is 2.71 bits per heavy atom. The van der Waals surface area contributed by atoms with Gasteiger partial charge in [0.25, 0.3) is 0 Å². The first-order chi connectivity index (χ1) is 6.77. The van der Waals surface area contributed by atoms with Crippen molar-refractivity contribution in [1.29, 1.82) is 0 Å². The lowest BCUT2D eigenvalue weighted by atomic mass is 10.1. The molecule has 69 valence electrons. The minimum Gasteiger partial charge on any atom is -0.508 e. The maximum absolute atomic E-state index is 9.34. The summed E-state index contributed by atoms with van der Waals surface area (Å²) in [5.41, 5.74) is 2.01. The van der Waals surface area contributed by atoms with E-state index in [1.165, 1.54) is 0 Å². The first-order valence-electron chi connectivity index (χ1n) is 4.23. The molecule has 0 aromatic heterocycles. The summed E-state index contributed by atoms with van der Waals surface area (Å²) in [6.45, 7) is 0. The summed E-state index contributed by atoms with van der Waals surface area (Å²) in [5.74, 6) is 0.276. The molecule has 0 atom stereocenters. The van der Waals surface area contributed by atoms with Crippen molar-refractivity contribution in [3.8, 4) is 16.9 Å². The van der Waals surface area contributed by atoms with Gasteiger partial charge in [-0.2, -0.15) is 0 Å². The Kier molecular flexibility index (Phi) is 2.55. The number of phenols is 1. The predicted molar refractivity (Wildman–Crippen MR) is 60.1 cm³/mol. The Labute approximate surface area is 91.2 Å². The van der Waals surface area contributed by atoms with Gasteiger partial charge in [0, 0.05) is 4.47 Å². The third-order valence-corrected chi connectivity index (χ3v) is 2.62. The van der Waals surface area contributed by atoms with Crippen molar-refractivity contribution in [2.75, 3.05) is 0 Å². The molecule has 0 amide bonds. The molecule has 2 rings (SSSR count). The summed E-state index contributed by atoms with van der Waals surface area (Å²) < 4.78 is 0.908. The van der Waals surface area contributed by atoms with Gasteiger partial charge < -0.3 is 5.11 Å². The number of phenolic OH excluding ortho intramolecular Hbond substituents is 1. The quantitative estimate of drug-likeness (QED) is 0.817. The maximum Gasteiger partial charge on any atom is 0.116 e. The molecular weight excluding hydrogens is 240 g/mol. The molecule has 0 saturated heterocycles. The summed E-state index contributed by atoms with van der Waals surface area (Å²) in [6, 6.07) is 16.0. The summed E-state index contributed by atoms with van der Waals surface area (Å²) in [7, 11) is 0. The molecule has 1 radical (unpaired) electrons. The Morgan fingerprint density at radius 1 is 1.14 bits per heavy atom. The highest BCUT2D eigenvalue weighted by atomic mass is 79.9. The second-order valence-electron chi connectivity index (χ2n) is 2.95. The maximum atomic E-state index is 9.34. The second-order valence-corrected chi connectivity index (χ2v) is 3.74. The van der Waals surface area contributed by atoms with Crippen molar-refractivity contribution in [3.05, 3.63) is 53.0 Å². The largest absolute Gasteiger partial charge is 0.508 e. The minimum absolute atomic E-state index is 0.276. The van der Waals surface area contributed by atoms with E-state index < -0.39 is 0 Å². The third kappa shape index (κ3) is 1.80. The Bertz CT molecular complexity index is 452. The second kappa shape index (κ2) is 3.84. The van der Waals surface area contributed by atoms with Gasteiger partial charge in [-0.25, -0.2) is 0 Å². The standard InChI is InChI=1S/C12H8BrO/c13-12-7-2-1-6-11(12)9-4-3-5-10(14)8-9/h1-6,8,14H. The van der Waals surface area contributed by atoms with Gasteiger partial charge in [0.15, 0.2) is 0 Å². The lowest BCUT2D eigenvalue weighted by Gasteiger charge is -2.03. The van der Waals surface area contributed by atoms with E-state index in [9.17, 15) is 5.11 Å². The van der Waals surface area contributed by atoms with Crippen LogP contribution < -0.4 is 0 Å². The molecule has 0 unspecified atom stereocenters. The molecule has 2 heteroatoms. The molecule has 2 aromatic carbocycles. The van der Waals surface area contributed by atoms with Gasteiger partial charge in [0.2, 0.25) is 0 Å². The van der Waals surface area contributed by atoms with E-state index in [-0.39, 0.29) is 5.75 Å². The zero-order valence-corrected chi connectivity index (χ0v) is 8.95. The Morgan fingerprint density at radius 2 is 2.00 bits per heavy atom. The molecule has 0 saturated carbocycles. The average Bonchev–Trinajstić information content (AvgIpc) is 2.18. The summed E-state index contributed by atoms with van der Waals surface area (Å²) in [4.78, 5) is 0. The molecule has 0 spiro atoms. The minimum atomic E-state index is 0.276. The van der Waals surface area contributed by atoms with Crippen LogP contribution in [0.5, 0.6) is 5.75 Å². The predicted octanol–water partition coefficient (Wildman–Crippen LogP) is 3.62. The molecule has 14 heavy (non-hydrogen) atoms. The van der Waals surface area contributed by atoms with Crippen LogP contribution >= 0.6 is 15.9 Å². The Balaban J connectivity index is 2.55. The highest BCUT2D eigenvalue weighted by molar-refractivity contribution is 9.10. The SMILES string of the molecule is Oc1cccc(-c2ccc[c]c2Br)c1. The van der Waals surface area contributed by atoms with Gasteiger partial charge in [-0.3, -0.25) is 0 Å². The van der Waals surface area contributed by atoms with Crippen LogP contribution in [-0.4, -0.2) is 5.11 Å². The first-order valence-corrected chi connectivity index (χ1v) is 5.02. The van der Waals surface area contributed by atoms with E-state index in [0.717, 1.165) is 15.6 Å². The van der Waals surface area contributed by atoms with Crippen LogP contribution in [0.2, 0.25) is 0 Å². The molecule has 1 nitrogen and oxygen atoms in total. The van der Waals surface area contributed by atoms with Gasteiger partial charge in [-0.1, -0.05) is 30.3 Å². The molecule has 0 aliphatic rings. The van der Waals surface area contributed by atoms with Crippen LogP contribution in [0.1, 0.15) is 0 Å². The lowest BCUT2D eigenvalue weighted by Crippen LogP contribution is -1.78. The van der Waals surface area contributed by atoms with Crippen molar-refractivity contribution < 1.29 is 5.11 Å². The average molecular weight is 248 g/mol. The summed E-state index contributed by atoms with van der Waals surface area (Å²) >= 11 is 3.42. The fourth-order valence-electron chi connectivity index (χ4n) is 1.31. The van der Waals surface area contributed by atoms with Crippen LogP contribution in [-0.2, 0) is 0 Å². The van der Waals surface area contributed by atoms with E-state index in [2.05, 4.69) is 22.0 Å². The van der Waals surface area contributed by atoms with Gasteiger partial charge in [-0.05, 0) is 45.3 Å². The molecule has 0 heterocycles. The number of halogens is 1. The van der Waals surface area contributed by atoms with Crippen LogP contribution in [0.15, 0.2) is 46.9 Å². The van der Waals surface area contributed by atoms with Crippen molar-refractivity contribution >= 4 is 15.9 Å². The number of rotatable bonds is 1. The van der Waals surface area contributed by atoms with Crippen molar-refractivity contribution in [3.63, 3.8) is 0 Å². The molecule has 0 aliphatic heterocycles. The fraction of sp³-hybridized carbons (Fsp3) is 0. The van der Waals surface area contributed by atoms with Gasteiger partial charge in [-0.15, -0.1) is 0 Å². The molecule has 2 aromatic rings. The molecule has 0 aliphatic carbocycles. The van der Waals surface area contributed by atoms with Crippen molar-refractivity contribution in [2.24, 2.45) is 0 Å². The van der Waals surface area contributed by atoms with Gasteiger partial charge in [0.05, 0.1) is 0 Å². The first kappa shape index (κ1) is 9.28. The number of aromatic hydroxyl groups is 1. The van der Waals surface area contributed by atoms with Crippen LogP contribution in [0, 0.1) is 6.07 Å². The van der Waals surface area contributed by atoms with E-state index in [1.54, 1.807) is 12.1 Å². The van der Waals surface area contributed by atoms with E-state index in [0.29, 0.717) is 0 Å². The Hall–Kier alpha value is -1.28. The topological polar surface area (TPSA) is 20.2 Å². The van der Waals surface area contributed by atoms with E-state index in [4.69, 9.17) is 0 Å². The molecular formula is C12H8BrO. The molecule has 0 bridgehead atoms. The van der Waals surface area contributed by atoms with Gasteiger partial charge >= 0.3 is 0 Å².